The summed E-state index contributed by atoms with van der Waals surface area (Å²) in [5.41, 5.74) is 0.644. The molecule has 1 fully saturated rings. The minimum absolute atomic E-state index is 0.0139. The molecular formula is C10H12N2O4S. The van der Waals surface area contributed by atoms with Crippen molar-refractivity contribution in [3.05, 3.63) is 23.5 Å². The van der Waals surface area contributed by atoms with Crippen molar-refractivity contribution >= 4 is 22.0 Å². The van der Waals surface area contributed by atoms with Gasteiger partial charge in [-0.05, 0) is 12.5 Å². The highest BCUT2D eigenvalue weighted by molar-refractivity contribution is 7.91. The zero-order chi connectivity index (χ0) is 12.5. The van der Waals surface area contributed by atoms with Gasteiger partial charge in [-0.2, -0.15) is 0 Å². The Kier molecular flexibility index (Phi) is 3.01. The van der Waals surface area contributed by atoms with Crippen LogP contribution in [0.4, 0.5) is 0 Å². The molecule has 2 heterocycles. The van der Waals surface area contributed by atoms with E-state index in [1.807, 2.05) is 0 Å². The van der Waals surface area contributed by atoms with E-state index in [0.29, 0.717) is 18.3 Å². The van der Waals surface area contributed by atoms with Crippen molar-refractivity contribution in [3.8, 4) is 0 Å². The molecule has 1 unspecified atom stereocenters. The summed E-state index contributed by atoms with van der Waals surface area (Å²) >= 11 is 0. The fourth-order valence-electron chi connectivity index (χ4n) is 1.78. The van der Waals surface area contributed by atoms with Crippen molar-refractivity contribution < 1.29 is 18.0 Å². The van der Waals surface area contributed by atoms with Crippen molar-refractivity contribution in [3.63, 3.8) is 0 Å². The fraction of sp³-hybridized carbons (Fsp3) is 0.400. The smallest absolute Gasteiger partial charge is 0.267 e. The Bertz CT molecular complexity index is 546. The SMILES string of the molecule is O=Cc1c[nH]c(C(=O)NC2CCS(=O)(=O)C2)c1. The maximum atomic E-state index is 11.7. The number of sulfone groups is 1. The Labute approximate surface area is 98.3 Å². The van der Waals surface area contributed by atoms with Gasteiger partial charge in [-0.1, -0.05) is 0 Å². The van der Waals surface area contributed by atoms with Crippen molar-refractivity contribution in [2.75, 3.05) is 11.5 Å². The minimum Gasteiger partial charge on any atom is -0.357 e. The molecule has 0 spiro atoms. The summed E-state index contributed by atoms with van der Waals surface area (Å²) in [6.07, 6.45) is 2.50. The quantitative estimate of drug-likeness (QED) is 0.728. The molecule has 1 aromatic heterocycles. The molecular weight excluding hydrogens is 244 g/mol. The summed E-state index contributed by atoms with van der Waals surface area (Å²) in [5, 5.41) is 2.62. The van der Waals surface area contributed by atoms with Crippen molar-refractivity contribution in [2.24, 2.45) is 0 Å². The second kappa shape index (κ2) is 4.33. The van der Waals surface area contributed by atoms with Crippen molar-refractivity contribution in [2.45, 2.75) is 12.5 Å². The Balaban J connectivity index is 2.00. The third kappa shape index (κ3) is 2.73. The van der Waals surface area contributed by atoms with E-state index in [1.165, 1.54) is 12.3 Å². The lowest BCUT2D eigenvalue weighted by Gasteiger charge is -2.09. The van der Waals surface area contributed by atoms with E-state index in [2.05, 4.69) is 10.3 Å². The maximum Gasteiger partial charge on any atom is 0.267 e. The molecule has 1 saturated heterocycles. The summed E-state index contributed by atoms with van der Waals surface area (Å²) in [7, 11) is -3.00. The van der Waals surface area contributed by atoms with Crippen LogP contribution in [0.3, 0.4) is 0 Å². The predicted octanol–water partition coefficient (Wildman–Crippen LogP) is -0.256. The highest BCUT2D eigenvalue weighted by Gasteiger charge is 2.29. The molecule has 2 rings (SSSR count). The Morgan fingerprint density at radius 3 is 2.82 bits per heavy atom. The third-order valence-electron chi connectivity index (χ3n) is 2.65. The van der Waals surface area contributed by atoms with Crippen LogP contribution in [-0.4, -0.2) is 43.1 Å². The summed E-state index contributed by atoms with van der Waals surface area (Å²) in [6.45, 7) is 0. The van der Waals surface area contributed by atoms with Crippen LogP contribution in [0.5, 0.6) is 0 Å². The van der Waals surface area contributed by atoms with Gasteiger partial charge in [-0.25, -0.2) is 8.42 Å². The van der Waals surface area contributed by atoms with Gasteiger partial charge in [0.15, 0.2) is 16.1 Å². The first-order chi connectivity index (χ1) is 8.00. The van der Waals surface area contributed by atoms with Crippen LogP contribution in [0.2, 0.25) is 0 Å². The topological polar surface area (TPSA) is 96.1 Å². The summed E-state index contributed by atoms with van der Waals surface area (Å²) in [4.78, 5) is 24.8. The molecule has 1 aromatic rings. The van der Waals surface area contributed by atoms with E-state index in [-0.39, 0.29) is 29.1 Å². The lowest BCUT2D eigenvalue weighted by molar-refractivity contribution is 0.0936. The molecule has 0 bridgehead atoms. The number of aldehydes is 1. The van der Waals surface area contributed by atoms with E-state index in [4.69, 9.17) is 0 Å². The van der Waals surface area contributed by atoms with Gasteiger partial charge in [0.2, 0.25) is 0 Å². The number of hydrogen-bond donors (Lipinski definition) is 2. The molecule has 0 aliphatic carbocycles. The lowest BCUT2D eigenvalue weighted by Crippen LogP contribution is -2.35. The number of H-pyrrole nitrogens is 1. The molecule has 7 heteroatoms. The molecule has 6 nitrogen and oxygen atoms in total. The number of rotatable bonds is 3. The van der Waals surface area contributed by atoms with Gasteiger partial charge in [0.25, 0.3) is 5.91 Å². The summed E-state index contributed by atoms with van der Waals surface area (Å²) in [6, 6.07) is 1.08. The molecule has 92 valence electrons. The second-order valence-electron chi connectivity index (χ2n) is 4.04. The van der Waals surface area contributed by atoms with Gasteiger partial charge in [0, 0.05) is 17.8 Å². The van der Waals surface area contributed by atoms with E-state index in [0.717, 1.165) is 0 Å². The zero-order valence-corrected chi connectivity index (χ0v) is 9.79. The first-order valence-electron chi connectivity index (χ1n) is 5.15. The van der Waals surface area contributed by atoms with Crippen LogP contribution in [-0.2, 0) is 9.84 Å². The van der Waals surface area contributed by atoms with E-state index in [9.17, 15) is 18.0 Å². The first kappa shape index (κ1) is 11.8. The van der Waals surface area contributed by atoms with Gasteiger partial charge in [0.1, 0.15) is 5.69 Å². The number of hydrogen-bond acceptors (Lipinski definition) is 4. The lowest BCUT2D eigenvalue weighted by atomic mass is 10.2. The van der Waals surface area contributed by atoms with Gasteiger partial charge >= 0.3 is 0 Å². The van der Waals surface area contributed by atoms with Gasteiger partial charge in [-0.3, -0.25) is 9.59 Å². The first-order valence-corrected chi connectivity index (χ1v) is 6.97. The van der Waals surface area contributed by atoms with Crippen molar-refractivity contribution in [1.29, 1.82) is 0 Å². The van der Waals surface area contributed by atoms with Crippen LogP contribution in [0.25, 0.3) is 0 Å². The molecule has 0 aromatic carbocycles. The molecule has 1 aliphatic rings. The summed E-state index contributed by atoms with van der Waals surface area (Å²) in [5.74, 6) is -0.289. The van der Waals surface area contributed by atoms with Crippen LogP contribution in [0, 0.1) is 0 Å². The number of aromatic amines is 1. The van der Waals surface area contributed by atoms with Crippen LogP contribution >= 0.6 is 0 Å². The van der Waals surface area contributed by atoms with Gasteiger partial charge in [-0.15, -0.1) is 0 Å². The number of carbonyl (C=O) groups excluding carboxylic acids is 2. The Morgan fingerprint density at radius 2 is 2.29 bits per heavy atom. The fourth-order valence-corrected chi connectivity index (χ4v) is 3.46. The van der Waals surface area contributed by atoms with Crippen LogP contribution < -0.4 is 5.32 Å². The largest absolute Gasteiger partial charge is 0.357 e. The standard InChI is InChI=1S/C10H12N2O4S/c13-5-7-3-9(11-4-7)10(14)12-8-1-2-17(15,16)6-8/h3-5,8,11H,1-2,6H2,(H,12,14). The normalized spacial score (nSPS) is 22.2. The Hall–Kier alpha value is -1.63. The number of nitrogens with one attached hydrogen (secondary N) is 2. The number of carbonyl (C=O) groups is 2. The predicted molar refractivity (Wildman–Crippen MR) is 60.7 cm³/mol. The molecule has 1 atom stereocenters. The third-order valence-corrected chi connectivity index (χ3v) is 4.42. The molecule has 17 heavy (non-hydrogen) atoms. The zero-order valence-electron chi connectivity index (χ0n) is 8.97. The van der Waals surface area contributed by atoms with E-state index in [1.54, 1.807) is 0 Å². The number of amides is 1. The van der Waals surface area contributed by atoms with E-state index < -0.39 is 9.84 Å². The van der Waals surface area contributed by atoms with Gasteiger partial charge in [0.05, 0.1) is 11.5 Å². The molecule has 1 amide bonds. The monoisotopic (exact) mass is 256 g/mol. The molecule has 0 saturated carbocycles. The highest BCUT2D eigenvalue weighted by atomic mass is 32.2. The van der Waals surface area contributed by atoms with Crippen LogP contribution in [0.15, 0.2) is 12.3 Å². The molecule has 0 radical (unpaired) electrons. The van der Waals surface area contributed by atoms with Crippen molar-refractivity contribution in [1.82, 2.24) is 10.3 Å². The minimum atomic E-state index is -3.00. The highest BCUT2D eigenvalue weighted by Crippen LogP contribution is 2.12. The average molecular weight is 256 g/mol. The van der Waals surface area contributed by atoms with Gasteiger partial charge < -0.3 is 10.3 Å². The maximum absolute atomic E-state index is 11.7. The van der Waals surface area contributed by atoms with E-state index >= 15 is 0 Å². The molecule has 1 aliphatic heterocycles. The average Bonchev–Trinajstić information content (AvgIpc) is 2.85. The molecule has 2 N–H and O–H groups in total. The van der Waals surface area contributed by atoms with Crippen LogP contribution in [0.1, 0.15) is 27.3 Å². The second-order valence-corrected chi connectivity index (χ2v) is 6.27. The Morgan fingerprint density at radius 1 is 1.53 bits per heavy atom. The number of aromatic nitrogens is 1. The summed E-state index contributed by atoms with van der Waals surface area (Å²) < 4.78 is 22.4.